The molecule has 0 saturated heterocycles. The average molecular weight is 478 g/mol. The van der Waals surface area contributed by atoms with E-state index < -0.39 is 76.0 Å². The first-order valence-electron chi connectivity index (χ1n) is 10.9. The number of carbonyl (C=O) groups excluding carboxylic acids is 3. The van der Waals surface area contributed by atoms with Crippen LogP contribution in [0.25, 0.3) is 17.0 Å². The zero-order valence-corrected chi connectivity index (χ0v) is 18.5. The summed E-state index contributed by atoms with van der Waals surface area (Å²) in [4.78, 5) is 42.1. The van der Waals surface area contributed by atoms with Gasteiger partial charge in [0.05, 0.1) is 17.4 Å². The molecule has 0 aliphatic heterocycles. The van der Waals surface area contributed by atoms with Crippen molar-refractivity contribution < 1.29 is 39.9 Å². The predicted molar refractivity (Wildman–Crippen MR) is 121 cm³/mol. The van der Waals surface area contributed by atoms with Gasteiger partial charge in [-0.05, 0) is 29.7 Å². The number of ketones is 2. The smallest absolute Gasteiger partial charge is 0.255 e. The van der Waals surface area contributed by atoms with Crippen molar-refractivity contribution in [3.05, 3.63) is 64.6 Å². The van der Waals surface area contributed by atoms with Crippen LogP contribution in [0.1, 0.15) is 30.4 Å². The number of aliphatic hydroxyl groups is 4. The van der Waals surface area contributed by atoms with E-state index in [-0.39, 0.29) is 16.9 Å². The zero-order valence-electron chi connectivity index (χ0n) is 18.5. The summed E-state index contributed by atoms with van der Waals surface area (Å²) in [7, 11) is 0. The van der Waals surface area contributed by atoms with Crippen LogP contribution in [0, 0.1) is 11.8 Å². The topological polar surface area (TPSA) is 191 Å². The Morgan fingerprint density at radius 3 is 2.49 bits per heavy atom. The number of aromatic nitrogens is 1. The number of aliphatic hydroxyl groups excluding tert-OH is 3. The lowest BCUT2D eigenvalue weighted by molar-refractivity contribution is -0.160. The Kier molecular flexibility index (Phi) is 4.87. The molecular weight excluding hydrogens is 456 g/mol. The molecule has 1 heterocycles. The number of hydrogen-bond donors (Lipinski definition) is 6. The standard InChI is InChI=1S/C25H22N2O8/c1-9-10-5-6-11(13-4-2-3-7-27-13)19(29)16(10)21(31)18-15(9)20(30)12-8-14(28)17(24(26)34)22(32)25(12,35)23(18)33/h2-7,9,12,15,20,29-32,35H,8H2,1H3,(H2,26,34). The normalized spacial score (nSPS) is 30.0. The Labute approximate surface area is 198 Å². The summed E-state index contributed by atoms with van der Waals surface area (Å²) in [5.41, 5.74) is 2.04. The minimum atomic E-state index is -2.86. The fraction of sp³-hybridized carbons (Fsp3) is 0.280. The summed E-state index contributed by atoms with van der Waals surface area (Å²) in [6.07, 6.45) is -0.645. The van der Waals surface area contributed by atoms with Gasteiger partial charge in [-0.1, -0.05) is 19.1 Å². The lowest BCUT2D eigenvalue weighted by Gasteiger charge is -2.50. The van der Waals surface area contributed by atoms with Gasteiger partial charge >= 0.3 is 0 Å². The number of phenolic OH excluding ortho intramolecular Hbond substituents is 1. The van der Waals surface area contributed by atoms with Crippen LogP contribution < -0.4 is 5.73 Å². The number of rotatable bonds is 2. The number of primary amides is 1. The summed E-state index contributed by atoms with van der Waals surface area (Å²) in [5.74, 6) is -8.88. The van der Waals surface area contributed by atoms with E-state index in [4.69, 9.17) is 5.73 Å². The minimum absolute atomic E-state index is 0.0695. The van der Waals surface area contributed by atoms with Crippen molar-refractivity contribution in [2.75, 3.05) is 0 Å². The van der Waals surface area contributed by atoms with Crippen molar-refractivity contribution in [1.29, 1.82) is 0 Å². The minimum Gasteiger partial charge on any atom is -0.508 e. The van der Waals surface area contributed by atoms with Crippen LogP contribution in [-0.4, -0.2) is 59.7 Å². The molecule has 10 heteroatoms. The van der Waals surface area contributed by atoms with E-state index in [1.165, 1.54) is 6.20 Å². The van der Waals surface area contributed by atoms with Crippen LogP contribution in [-0.2, 0) is 14.4 Å². The maximum absolute atomic E-state index is 13.6. The number of carbonyl (C=O) groups is 3. The van der Waals surface area contributed by atoms with Crippen LogP contribution in [0.5, 0.6) is 5.75 Å². The van der Waals surface area contributed by atoms with E-state index in [0.717, 1.165) is 0 Å². The van der Waals surface area contributed by atoms with Crippen molar-refractivity contribution in [2.45, 2.75) is 31.0 Å². The predicted octanol–water partition coefficient (Wildman–Crippen LogP) is 1.02. The molecule has 10 nitrogen and oxygen atoms in total. The number of benzene rings is 1. The van der Waals surface area contributed by atoms with E-state index >= 15 is 0 Å². The van der Waals surface area contributed by atoms with E-state index in [2.05, 4.69) is 4.98 Å². The third-order valence-corrected chi connectivity index (χ3v) is 7.44. The number of phenols is 1. The van der Waals surface area contributed by atoms with Crippen molar-refractivity contribution in [3.8, 4) is 17.0 Å². The number of fused-ring (bicyclic) bond motifs is 3. The van der Waals surface area contributed by atoms with Crippen molar-refractivity contribution in [2.24, 2.45) is 17.6 Å². The number of nitrogens with two attached hydrogens (primary N) is 1. The lowest BCUT2D eigenvalue weighted by Crippen LogP contribution is -2.63. The number of hydrogen-bond acceptors (Lipinski definition) is 9. The summed E-state index contributed by atoms with van der Waals surface area (Å²) >= 11 is 0. The molecule has 0 spiro atoms. The highest BCUT2D eigenvalue weighted by Crippen LogP contribution is 2.56. The first-order chi connectivity index (χ1) is 16.5. The Bertz CT molecular complexity index is 1380. The molecule has 2 aromatic rings. The highest BCUT2D eigenvalue weighted by Gasteiger charge is 2.64. The molecule has 35 heavy (non-hydrogen) atoms. The number of aromatic hydroxyl groups is 1. The third-order valence-electron chi connectivity index (χ3n) is 7.44. The van der Waals surface area contributed by atoms with Gasteiger partial charge in [0, 0.05) is 35.6 Å². The summed E-state index contributed by atoms with van der Waals surface area (Å²) < 4.78 is 0. The van der Waals surface area contributed by atoms with Gasteiger partial charge in [0.15, 0.2) is 11.4 Å². The molecule has 5 atom stereocenters. The SMILES string of the molecule is CC1c2ccc(-c3ccccn3)c(O)c2C(O)=C2C(=O)C3(O)C(O)=C(C(N)=O)C(=O)CC3C(O)C21. The summed E-state index contributed by atoms with van der Waals surface area (Å²) in [6.45, 7) is 1.67. The molecule has 1 saturated carbocycles. The van der Waals surface area contributed by atoms with Gasteiger partial charge in [-0.15, -0.1) is 0 Å². The average Bonchev–Trinajstić information content (AvgIpc) is 2.82. The second-order valence-electron chi connectivity index (χ2n) is 9.13. The monoisotopic (exact) mass is 478 g/mol. The van der Waals surface area contributed by atoms with Crippen molar-refractivity contribution >= 4 is 23.2 Å². The van der Waals surface area contributed by atoms with Gasteiger partial charge in [0.1, 0.15) is 22.8 Å². The largest absolute Gasteiger partial charge is 0.508 e. The first-order valence-corrected chi connectivity index (χ1v) is 10.9. The lowest BCUT2D eigenvalue weighted by atomic mass is 9.55. The van der Waals surface area contributed by atoms with Crippen molar-refractivity contribution in [3.63, 3.8) is 0 Å². The molecule has 1 aromatic heterocycles. The molecule has 180 valence electrons. The second-order valence-corrected chi connectivity index (χ2v) is 9.13. The summed E-state index contributed by atoms with van der Waals surface area (Å²) in [5, 5.41) is 55.5. The molecule has 1 amide bonds. The highest BCUT2D eigenvalue weighted by atomic mass is 16.4. The van der Waals surface area contributed by atoms with Crippen LogP contribution in [0.3, 0.4) is 0 Å². The molecule has 0 bridgehead atoms. The van der Waals surface area contributed by atoms with Crippen LogP contribution in [0.2, 0.25) is 0 Å². The zero-order chi connectivity index (χ0) is 25.4. The fourth-order valence-electron chi connectivity index (χ4n) is 5.73. The van der Waals surface area contributed by atoms with E-state index in [0.29, 0.717) is 11.3 Å². The Hall–Kier alpha value is -4.02. The van der Waals surface area contributed by atoms with Gasteiger partial charge in [0.2, 0.25) is 5.78 Å². The van der Waals surface area contributed by atoms with Crippen molar-refractivity contribution in [1.82, 2.24) is 4.98 Å². The van der Waals surface area contributed by atoms with E-state index in [1.807, 2.05) is 0 Å². The van der Waals surface area contributed by atoms with Crippen LogP contribution in [0.4, 0.5) is 0 Å². The molecule has 3 aliphatic rings. The highest BCUT2D eigenvalue weighted by molar-refractivity contribution is 6.23. The summed E-state index contributed by atoms with van der Waals surface area (Å²) in [6, 6.07) is 8.31. The maximum atomic E-state index is 13.6. The third kappa shape index (κ3) is 2.84. The maximum Gasteiger partial charge on any atom is 0.255 e. The van der Waals surface area contributed by atoms with Gasteiger partial charge < -0.3 is 31.3 Å². The molecular formula is C25H22N2O8. The molecule has 1 aromatic carbocycles. The van der Waals surface area contributed by atoms with Gasteiger partial charge in [-0.2, -0.15) is 0 Å². The van der Waals surface area contributed by atoms with Gasteiger partial charge in [-0.3, -0.25) is 19.4 Å². The molecule has 3 aliphatic carbocycles. The Morgan fingerprint density at radius 2 is 1.86 bits per heavy atom. The quantitative estimate of drug-likeness (QED) is 0.342. The van der Waals surface area contributed by atoms with Gasteiger partial charge in [-0.25, -0.2) is 0 Å². The first kappa shape index (κ1) is 22.8. The molecule has 7 N–H and O–H groups in total. The molecule has 5 rings (SSSR count). The fourth-order valence-corrected chi connectivity index (χ4v) is 5.73. The molecule has 5 unspecified atom stereocenters. The van der Waals surface area contributed by atoms with E-state index in [9.17, 15) is 39.9 Å². The van der Waals surface area contributed by atoms with Gasteiger partial charge in [0.25, 0.3) is 5.91 Å². The Morgan fingerprint density at radius 1 is 1.14 bits per heavy atom. The van der Waals surface area contributed by atoms with E-state index in [1.54, 1.807) is 37.3 Å². The second kappa shape index (κ2) is 7.49. The molecule has 0 radical (unpaired) electrons. The number of amides is 1. The Balaban J connectivity index is 1.76. The number of nitrogens with zero attached hydrogens (tertiary/aromatic N) is 1. The number of Topliss-reactive ketones (excluding diaryl/α,β-unsaturated/α-hetero) is 2. The van der Waals surface area contributed by atoms with Crippen LogP contribution >= 0.6 is 0 Å². The van der Waals surface area contributed by atoms with Crippen LogP contribution in [0.15, 0.2) is 53.4 Å². The number of pyridine rings is 1. The molecule has 1 fully saturated rings.